The number of fused-ring (bicyclic) bond motifs is 5. The summed E-state index contributed by atoms with van der Waals surface area (Å²) >= 11 is 0. The lowest BCUT2D eigenvalue weighted by Gasteiger charge is -2.53. The molecule has 6 atom stereocenters. The third-order valence-electron chi connectivity index (χ3n) is 8.64. The summed E-state index contributed by atoms with van der Waals surface area (Å²) < 4.78 is 11.9. The number of carbonyl (C=O) groups is 2. The van der Waals surface area contributed by atoms with Crippen molar-refractivity contribution in [2.24, 2.45) is 34.5 Å². The van der Waals surface area contributed by atoms with Crippen LogP contribution in [0.3, 0.4) is 0 Å². The van der Waals surface area contributed by atoms with E-state index in [-0.39, 0.29) is 22.6 Å². The molecule has 0 aromatic carbocycles. The number of hydrogen-bond donors (Lipinski definition) is 0. The van der Waals surface area contributed by atoms with E-state index in [0.717, 1.165) is 25.7 Å². The minimum absolute atomic E-state index is 0.00728. The third-order valence-corrected chi connectivity index (χ3v) is 9.45. The van der Waals surface area contributed by atoms with Gasteiger partial charge in [0.2, 0.25) is 8.32 Å². The minimum Gasteiger partial charge on any atom is -0.539 e. The Bertz CT molecular complexity index is 907. The molecule has 4 aliphatic rings. The van der Waals surface area contributed by atoms with Crippen LogP contribution < -0.4 is 0 Å². The molecule has 3 unspecified atom stereocenters. The van der Waals surface area contributed by atoms with Crippen molar-refractivity contribution in [1.29, 1.82) is 0 Å². The number of hydrogen-bond acceptors (Lipinski definition) is 4. The number of ketones is 1. The smallest absolute Gasteiger partial charge is 0.372 e. The van der Waals surface area contributed by atoms with Gasteiger partial charge in [-0.15, -0.1) is 0 Å². The molecule has 5 heteroatoms. The highest BCUT2D eigenvalue weighted by Crippen LogP contribution is 2.66. The molecule has 0 aromatic rings. The molecule has 0 bridgehead atoms. The zero-order valence-corrected chi connectivity index (χ0v) is 21.9. The molecule has 0 heterocycles. The number of allylic oxidation sites excluding steroid dienone is 5. The van der Waals surface area contributed by atoms with Gasteiger partial charge >= 0.3 is 5.97 Å². The van der Waals surface area contributed by atoms with Crippen LogP contribution in [0.15, 0.2) is 35.1 Å². The number of esters is 1. The van der Waals surface area contributed by atoms with E-state index in [1.807, 2.05) is 13.0 Å². The molecule has 0 N–H and O–H groups in total. The summed E-state index contributed by atoms with van der Waals surface area (Å²) in [5, 5.41) is 0. The average molecular weight is 457 g/mol. The molecule has 4 aliphatic carbocycles. The molecule has 2 fully saturated rings. The molecule has 0 aromatic heterocycles. The molecule has 0 aliphatic heterocycles. The summed E-state index contributed by atoms with van der Waals surface area (Å²) in [5.74, 6) is 2.19. The Morgan fingerprint density at radius 3 is 2.59 bits per heavy atom. The molecule has 0 spiro atoms. The normalized spacial score (nSPS) is 40.1. The highest BCUT2D eigenvalue weighted by molar-refractivity contribution is 6.70. The Hall–Kier alpha value is -1.62. The molecule has 4 rings (SSSR count). The molecule has 2 saturated carbocycles. The maximum Gasteiger partial charge on any atom is 0.372 e. The number of carbonyl (C=O) groups excluding carboxylic acids is 2. The van der Waals surface area contributed by atoms with Gasteiger partial charge in [-0.3, -0.25) is 4.79 Å². The molecule has 0 saturated heterocycles. The van der Waals surface area contributed by atoms with Crippen LogP contribution in [0.4, 0.5) is 0 Å². The van der Waals surface area contributed by atoms with Gasteiger partial charge in [0.1, 0.15) is 0 Å². The third kappa shape index (κ3) is 3.74. The van der Waals surface area contributed by atoms with Gasteiger partial charge in [0.05, 0.1) is 6.61 Å². The first-order valence-electron chi connectivity index (χ1n) is 12.4. The van der Waals surface area contributed by atoms with Crippen LogP contribution in [0.5, 0.6) is 0 Å². The molecule has 0 amide bonds. The van der Waals surface area contributed by atoms with E-state index in [1.54, 1.807) is 0 Å². The van der Waals surface area contributed by atoms with Gasteiger partial charge in [-0.1, -0.05) is 38.5 Å². The Morgan fingerprint density at radius 2 is 1.94 bits per heavy atom. The predicted octanol–water partition coefficient (Wildman–Crippen LogP) is 6.21. The summed E-state index contributed by atoms with van der Waals surface area (Å²) in [6.45, 7) is 15.6. The number of ether oxygens (including phenoxy) is 1. The van der Waals surface area contributed by atoms with E-state index in [2.05, 4.69) is 52.6 Å². The predicted molar refractivity (Wildman–Crippen MR) is 129 cm³/mol. The highest BCUT2D eigenvalue weighted by Gasteiger charge is 2.58. The van der Waals surface area contributed by atoms with Crippen LogP contribution in [0.25, 0.3) is 0 Å². The SMILES string of the molecule is CCOC(=O)/C(O[Si](C)(C)C)=C1\[C@H](C)CC2C3CCC4CC(=O)C=C[C@@]4(C)C3=CC[C@]12C. The van der Waals surface area contributed by atoms with Crippen LogP contribution >= 0.6 is 0 Å². The first-order chi connectivity index (χ1) is 14.9. The van der Waals surface area contributed by atoms with Crippen LogP contribution in [0.1, 0.15) is 59.8 Å². The van der Waals surface area contributed by atoms with Crippen molar-refractivity contribution in [1.82, 2.24) is 0 Å². The molecule has 4 nitrogen and oxygen atoms in total. The zero-order valence-electron chi connectivity index (χ0n) is 20.9. The first-order valence-corrected chi connectivity index (χ1v) is 15.8. The average Bonchev–Trinajstić information content (AvgIpc) is 2.96. The summed E-state index contributed by atoms with van der Waals surface area (Å²) in [4.78, 5) is 25.2. The second-order valence-electron chi connectivity index (χ2n) is 11.9. The van der Waals surface area contributed by atoms with Gasteiger partial charge in [-0.2, -0.15) is 0 Å². The Kier molecular flexibility index (Phi) is 5.88. The van der Waals surface area contributed by atoms with Crippen molar-refractivity contribution < 1.29 is 18.8 Å². The molecule has 32 heavy (non-hydrogen) atoms. The van der Waals surface area contributed by atoms with Gasteiger partial charge in [-0.25, -0.2) is 4.79 Å². The van der Waals surface area contributed by atoms with Gasteiger partial charge in [0, 0.05) is 11.8 Å². The van der Waals surface area contributed by atoms with Gasteiger partial charge in [0.25, 0.3) is 0 Å². The van der Waals surface area contributed by atoms with Crippen molar-refractivity contribution in [3.8, 4) is 0 Å². The topological polar surface area (TPSA) is 52.6 Å². The fourth-order valence-electron chi connectivity index (χ4n) is 7.29. The first kappa shape index (κ1) is 23.5. The summed E-state index contributed by atoms with van der Waals surface area (Å²) in [7, 11) is -1.99. The van der Waals surface area contributed by atoms with Crippen LogP contribution in [-0.4, -0.2) is 26.7 Å². The van der Waals surface area contributed by atoms with Crippen molar-refractivity contribution in [2.45, 2.75) is 79.4 Å². The lowest BCUT2D eigenvalue weighted by Crippen LogP contribution is -2.46. The summed E-state index contributed by atoms with van der Waals surface area (Å²) in [6.07, 6.45) is 11.4. The van der Waals surface area contributed by atoms with E-state index in [9.17, 15) is 9.59 Å². The van der Waals surface area contributed by atoms with Crippen LogP contribution in [0.2, 0.25) is 19.6 Å². The lowest BCUT2D eigenvalue weighted by molar-refractivity contribution is -0.141. The largest absolute Gasteiger partial charge is 0.539 e. The Balaban J connectivity index is 1.79. The Morgan fingerprint density at radius 1 is 1.22 bits per heavy atom. The van der Waals surface area contributed by atoms with Crippen molar-refractivity contribution in [3.05, 3.63) is 35.1 Å². The van der Waals surface area contributed by atoms with Gasteiger partial charge < -0.3 is 9.16 Å². The van der Waals surface area contributed by atoms with Crippen LogP contribution in [-0.2, 0) is 18.8 Å². The fourth-order valence-corrected chi connectivity index (χ4v) is 8.10. The monoisotopic (exact) mass is 456 g/mol. The van der Waals surface area contributed by atoms with Gasteiger partial charge in [0.15, 0.2) is 11.5 Å². The standard InChI is InChI=1S/C27H40O4Si/c1-8-30-25(29)24(31-32(5,6)7)23-17(2)15-22-20-10-9-18-16-19(28)11-13-26(18,3)21(20)12-14-27(22,23)4/h11-13,17-18,20,22H,8-10,14-16H2,1-7H3/b24-23-/t17-,18?,20?,22?,26-,27+/m1/s1. The molecule has 176 valence electrons. The van der Waals surface area contributed by atoms with E-state index >= 15 is 0 Å². The van der Waals surface area contributed by atoms with E-state index in [4.69, 9.17) is 9.16 Å². The quantitative estimate of drug-likeness (QED) is 0.166. The fraction of sp³-hybridized carbons (Fsp3) is 0.704. The van der Waals surface area contributed by atoms with Crippen molar-refractivity contribution in [3.63, 3.8) is 0 Å². The van der Waals surface area contributed by atoms with E-state index in [1.165, 1.54) is 11.1 Å². The van der Waals surface area contributed by atoms with Crippen molar-refractivity contribution >= 4 is 20.1 Å². The zero-order chi connectivity index (χ0) is 23.5. The number of rotatable bonds is 4. The highest BCUT2D eigenvalue weighted by atomic mass is 28.4. The van der Waals surface area contributed by atoms with Gasteiger partial charge in [-0.05, 0) is 93.0 Å². The molecular weight excluding hydrogens is 416 g/mol. The maximum atomic E-state index is 13.1. The second-order valence-corrected chi connectivity index (χ2v) is 16.3. The van der Waals surface area contributed by atoms with E-state index < -0.39 is 8.32 Å². The molecule has 0 radical (unpaired) electrons. The second kappa shape index (κ2) is 8.00. The van der Waals surface area contributed by atoms with E-state index in [0.29, 0.717) is 42.5 Å². The Labute approximate surface area is 194 Å². The minimum atomic E-state index is -1.99. The lowest BCUT2D eigenvalue weighted by atomic mass is 9.50. The summed E-state index contributed by atoms with van der Waals surface area (Å²) in [5.41, 5.74) is 2.62. The summed E-state index contributed by atoms with van der Waals surface area (Å²) in [6, 6.07) is 0. The maximum absolute atomic E-state index is 13.1. The van der Waals surface area contributed by atoms with Crippen LogP contribution in [0, 0.1) is 34.5 Å². The molecular formula is C27H40O4Si. The van der Waals surface area contributed by atoms with Crippen molar-refractivity contribution in [2.75, 3.05) is 6.61 Å².